The summed E-state index contributed by atoms with van der Waals surface area (Å²) < 4.78 is 26.3. The number of carbonyl (C=O) groups is 1. The number of thiophene rings is 1. The molecule has 1 heterocycles. The Kier molecular flexibility index (Phi) is 5.96. The van der Waals surface area contributed by atoms with Crippen LogP contribution in [0.25, 0.3) is 0 Å². The van der Waals surface area contributed by atoms with Crippen molar-refractivity contribution in [2.45, 2.75) is 38.0 Å². The van der Waals surface area contributed by atoms with Gasteiger partial charge in [0.05, 0.1) is 0 Å². The van der Waals surface area contributed by atoms with E-state index in [0.29, 0.717) is 12.5 Å². The van der Waals surface area contributed by atoms with E-state index in [9.17, 15) is 13.2 Å². The Morgan fingerprint density at radius 1 is 1.42 bits per heavy atom. The van der Waals surface area contributed by atoms with E-state index in [4.69, 9.17) is 5.11 Å². The van der Waals surface area contributed by atoms with E-state index in [1.807, 2.05) is 0 Å². The van der Waals surface area contributed by atoms with Crippen LogP contribution < -0.4 is 4.72 Å². The number of rotatable bonds is 8. The van der Waals surface area contributed by atoms with Crippen LogP contribution in [-0.4, -0.2) is 26.0 Å². The largest absolute Gasteiger partial charge is 0.477 e. The Morgan fingerprint density at radius 3 is 2.68 bits per heavy atom. The van der Waals surface area contributed by atoms with Crippen LogP contribution in [0.3, 0.4) is 0 Å². The molecule has 108 valence electrons. The van der Waals surface area contributed by atoms with Gasteiger partial charge in [-0.2, -0.15) is 0 Å². The molecule has 1 aromatic rings. The number of carboxylic acid groups (broad SMARTS) is 1. The van der Waals surface area contributed by atoms with Gasteiger partial charge < -0.3 is 5.11 Å². The van der Waals surface area contributed by atoms with Crippen LogP contribution in [0.1, 0.15) is 42.8 Å². The molecule has 0 amide bonds. The summed E-state index contributed by atoms with van der Waals surface area (Å²) in [5.74, 6) is -0.609. The zero-order valence-corrected chi connectivity index (χ0v) is 12.7. The average molecular weight is 305 g/mol. The molecule has 0 aliphatic heterocycles. The maximum absolute atomic E-state index is 11.9. The van der Waals surface area contributed by atoms with E-state index in [1.54, 1.807) is 0 Å². The molecule has 0 bridgehead atoms. The minimum absolute atomic E-state index is 0.144. The number of unbranched alkanes of at least 4 members (excludes halogenated alkanes) is 1. The summed E-state index contributed by atoms with van der Waals surface area (Å²) in [4.78, 5) is 10.6. The van der Waals surface area contributed by atoms with E-state index in [2.05, 4.69) is 18.6 Å². The standard InChI is InChI=1S/C12H19NO4S2/c1-9(2)5-3-4-7-13-19(16,17)10-6-8-18-11(10)12(14)15/h6,8-9,13H,3-5,7H2,1-2H3,(H,14,15). The van der Waals surface area contributed by atoms with Crippen LogP contribution >= 0.6 is 11.3 Å². The highest BCUT2D eigenvalue weighted by molar-refractivity contribution is 7.89. The van der Waals surface area contributed by atoms with Gasteiger partial charge in [-0.15, -0.1) is 11.3 Å². The first-order chi connectivity index (χ1) is 8.84. The van der Waals surface area contributed by atoms with Crippen LogP contribution in [0.4, 0.5) is 0 Å². The molecular weight excluding hydrogens is 286 g/mol. The molecule has 7 heteroatoms. The van der Waals surface area contributed by atoms with Crippen molar-refractivity contribution in [1.29, 1.82) is 0 Å². The molecule has 1 rings (SSSR count). The predicted molar refractivity (Wildman–Crippen MR) is 75.2 cm³/mol. The minimum Gasteiger partial charge on any atom is -0.477 e. The van der Waals surface area contributed by atoms with Crippen molar-refractivity contribution in [2.24, 2.45) is 5.92 Å². The van der Waals surface area contributed by atoms with Gasteiger partial charge in [-0.05, 0) is 23.8 Å². The summed E-state index contributed by atoms with van der Waals surface area (Å²) in [6, 6.07) is 1.32. The fourth-order valence-electron chi connectivity index (χ4n) is 1.63. The van der Waals surface area contributed by atoms with Crippen molar-refractivity contribution in [3.8, 4) is 0 Å². The lowest BCUT2D eigenvalue weighted by Crippen LogP contribution is -2.25. The Morgan fingerprint density at radius 2 is 2.11 bits per heavy atom. The molecule has 0 aliphatic carbocycles. The quantitative estimate of drug-likeness (QED) is 0.723. The molecule has 0 aliphatic rings. The number of aromatic carboxylic acids is 1. The molecule has 1 aromatic heterocycles. The molecule has 0 atom stereocenters. The second-order valence-electron chi connectivity index (χ2n) is 4.71. The highest BCUT2D eigenvalue weighted by Crippen LogP contribution is 2.21. The Balaban J connectivity index is 2.57. The summed E-state index contributed by atoms with van der Waals surface area (Å²) in [5, 5.41) is 10.4. The third kappa shape index (κ3) is 4.93. The molecule has 0 spiro atoms. The summed E-state index contributed by atoms with van der Waals surface area (Å²) in [6.07, 6.45) is 2.76. The van der Waals surface area contributed by atoms with Crippen LogP contribution in [0, 0.1) is 5.92 Å². The van der Waals surface area contributed by atoms with Gasteiger partial charge in [-0.25, -0.2) is 17.9 Å². The first-order valence-electron chi connectivity index (χ1n) is 6.15. The molecule has 0 fully saturated rings. The molecule has 0 saturated carbocycles. The minimum atomic E-state index is -3.71. The summed E-state index contributed by atoms with van der Waals surface area (Å²) >= 11 is 0.913. The number of nitrogens with one attached hydrogen (secondary N) is 1. The van der Waals surface area contributed by atoms with Crippen LogP contribution in [0.5, 0.6) is 0 Å². The lowest BCUT2D eigenvalue weighted by molar-refractivity contribution is 0.0698. The fourth-order valence-corrected chi connectivity index (χ4v) is 3.96. The van der Waals surface area contributed by atoms with Crippen molar-refractivity contribution in [3.05, 3.63) is 16.3 Å². The van der Waals surface area contributed by atoms with Crippen LogP contribution in [0.15, 0.2) is 16.3 Å². The van der Waals surface area contributed by atoms with Gasteiger partial charge >= 0.3 is 5.97 Å². The van der Waals surface area contributed by atoms with Crippen LogP contribution in [-0.2, 0) is 10.0 Å². The highest BCUT2D eigenvalue weighted by atomic mass is 32.2. The number of carboxylic acids is 1. The van der Waals surface area contributed by atoms with Crippen molar-refractivity contribution in [3.63, 3.8) is 0 Å². The number of hydrogen-bond acceptors (Lipinski definition) is 4. The lowest BCUT2D eigenvalue weighted by Gasteiger charge is -2.07. The first kappa shape index (κ1) is 16.1. The van der Waals surface area contributed by atoms with Crippen molar-refractivity contribution < 1.29 is 18.3 Å². The maximum atomic E-state index is 11.9. The second kappa shape index (κ2) is 7.02. The third-order valence-corrected chi connectivity index (χ3v) is 5.15. The molecule has 0 unspecified atom stereocenters. The van der Waals surface area contributed by atoms with E-state index >= 15 is 0 Å². The Hall–Kier alpha value is -0.920. The first-order valence-corrected chi connectivity index (χ1v) is 8.51. The smallest absolute Gasteiger partial charge is 0.347 e. The molecule has 0 radical (unpaired) electrons. The topological polar surface area (TPSA) is 83.5 Å². The van der Waals surface area contributed by atoms with Gasteiger partial charge in [0.25, 0.3) is 0 Å². The summed E-state index contributed by atoms with van der Waals surface area (Å²) in [7, 11) is -3.71. The van der Waals surface area contributed by atoms with E-state index in [1.165, 1.54) is 11.4 Å². The lowest BCUT2D eigenvalue weighted by atomic mass is 10.1. The molecule has 0 aromatic carbocycles. The van der Waals surface area contributed by atoms with Gasteiger partial charge in [0, 0.05) is 6.54 Å². The summed E-state index contributed by atoms with van der Waals surface area (Å²) in [5.41, 5.74) is 0. The number of hydrogen-bond donors (Lipinski definition) is 2. The molecule has 2 N–H and O–H groups in total. The SMILES string of the molecule is CC(C)CCCCNS(=O)(=O)c1ccsc1C(=O)O. The van der Waals surface area contributed by atoms with Gasteiger partial charge in [-0.1, -0.05) is 26.7 Å². The second-order valence-corrected chi connectivity index (χ2v) is 7.36. The van der Waals surface area contributed by atoms with Crippen LogP contribution in [0.2, 0.25) is 0 Å². The van der Waals surface area contributed by atoms with Gasteiger partial charge in [0.2, 0.25) is 10.0 Å². The Labute approximate surface area is 117 Å². The molecule has 5 nitrogen and oxygen atoms in total. The van der Waals surface area contributed by atoms with Gasteiger partial charge in [0.1, 0.15) is 9.77 Å². The zero-order valence-electron chi connectivity index (χ0n) is 11.0. The van der Waals surface area contributed by atoms with Crippen molar-refractivity contribution >= 4 is 27.3 Å². The number of sulfonamides is 1. The van der Waals surface area contributed by atoms with Crippen molar-refractivity contribution in [2.75, 3.05) is 6.54 Å². The Bertz CT molecular complexity index is 520. The molecule has 19 heavy (non-hydrogen) atoms. The molecular formula is C12H19NO4S2. The van der Waals surface area contributed by atoms with E-state index in [-0.39, 0.29) is 9.77 Å². The van der Waals surface area contributed by atoms with E-state index in [0.717, 1.165) is 30.6 Å². The average Bonchev–Trinajstić information content (AvgIpc) is 2.77. The third-order valence-electron chi connectivity index (χ3n) is 2.61. The summed E-state index contributed by atoms with van der Waals surface area (Å²) in [6.45, 7) is 4.58. The van der Waals surface area contributed by atoms with Gasteiger partial charge in [-0.3, -0.25) is 0 Å². The highest BCUT2D eigenvalue weighted by Gasteiger charge is 2.23. The normalized spacial score (nSPS) is 11.9. The van der Waals surface area contributed by atoms with Gasteiger partial charge in [0.15, 0.2) is 0 Å². The predicted octanol–water partition coefficient (Wildman–Crippen LogP) is 2.55. The monoisotopic (exact) mass is 305 g/mol. The molecule has 0 saturated heterocycles. The maximum Gasteiger partial charge on any atom is 0.347 e. The van der Waals surface area contributed by atoms with E-state index < -0.39 is 16.0 Å². The fraction of sp³-hybridized carbons (Fsp3) is 0.583. The van der Waals surface area contributed by atoms with Crippen molar-refractivity contribution in [1.82, 2.24) is 4.72 Å². The zero-order chi connectivity index (χ0) is 14.5.